The van der Waals surface area contributed by atoms with Gasteiger partial charge in [-0.15, -0.1) is 0 Å². The lowest BCUT2D eigenvalue weighted by Crippen LogP contribution is -2.13. The minimum atomic E-state index is 0.983. The molecule has 0 saturated heterocycles. The maximum atomic E-state index is 4.40. The first kappa shape index (κ1) is 120. The van der Waals surface area contributed by atoms with Crippen LogP contribution in [0, 0.1) is 83.1 Å². The molecule has 0 amide bonds. The van der Waals surface area contributed by atoms with Crippen molar-refractivity contribution in [1.82, 2.24) is 54.8 Å². The predicted octanol–water partition coefficient (Wildman–Crippen LogP) is 30.1. The summed E-state index contributed by atoms with van der Waals surface area (Å²) in [6.07, 6.45) is 29.3. The van der Waals surface area contributed by atoms with Gasteiger partial charge in [-0.3, -0.25) is 49.8 Å². The molecule has 0 fully saturated rings. The normalized spacial score (nSPS) is 8.75. The maximum Gasteiger partial charge on any atom is 0.135 e. The van der Waals surface area contributed by atoms with Crippen LogP contribution >= 0.6 is 0 Å². The Balaban J connectivity index is -0.000000309. The van der Waals surface area contributed by atoms with Crippen molar-refractivity contribution in [1.29, 1.82) is 0 Å². The van der Waals surface area contributed by atoms with Crippen molar-refractivity contribution in [3.8, 4) is 0 Å². The molecular weight excluding hydrogens is 1480 g/mol. The van der Waals surface area contributed by atoms with Gasteiger partial charge in [0.25, 0.3) is 0 Å². The van der Waals surface area contributed by atoms with E-state index < -0.39 is 0 Å². The molecule has 0 aliphatic carbocycles. The van der Waals surface area contributed by atoms with E-state index in [1.54, 1.807) is 6.20 Å². The van der Waals surface area contributed by atoms with Gasteiger partial charge in [-0.25, -0.2) is 4.98 Å². The summed E-state index contributed by atoms with van der Waals surface area (Å²) < 4.78 is 0. The zero-order valence-corrected chi connectivity index (χ0v) is 83.0. The Labute approximate surface area is 733 Å². The van der Waals surface area contributed by atoms with E-state index in [0.29, 0.717) is 0 Å². The second kappa shape index (κ2) is 76.4. The Morgan fingerprint density at radius 3 is 0.608 bits per heavy atom. The van der Waals surface area contributed by atoms with Crippen molar-refractivity contribution in [2.75, 3.05) is 71.7 Å². The summed E-state index contributed by atoms with van der Waals surface area (Å²) in [6, 6.07) is 42.6. The summed E-state index contributed by atoms with van der Waals surface area (Å²) in [4.78, 5) is 59.3. The molecule has 0 aliphatic heterocycles. The van der Waals surface area contributed by atoms with Crippen LogP contribution in [0.25, 0.3) is 0 Å². The van der Waals surface area contributed by atoms with E-state index in [2.05, 4.69) is 200 Å². The van der Waals surface area contributed by atoms with Crippen molar-refractivity contribution >= 4 is 68.4 Å². The average Bonchev–Trinajstić information content (AvgIpc) is 0.866. The molecule has 0 saturated carbocycles. The minimum absolute atomic E-state index is 0.983. The first-order chi connectivity index (χ1) is 58.2. The fourth-order valence-electron chi connectivity index (χ4n) is 10.8. The van der Waals surface area contributed by atoms with E-state index in [0.717, 1.165) is 108 Å². The number of hydrogen-bond donors (Lipinski definition) is 0. The number of aromatic nitrogens is 11. The number of hydrogen-bond acceptors (Lipinski definition) is 17. The van der Waals surface area contributed by atoms with Crippen molar-refractivity contribution in [3.05, 3.63) is 294 Å². The van der Waals surface area contributed by atoms with E-state index in [4.69, 9.17) is 0 Å². The lowest BCUT2D eigenvalue weighted by molar-refractivity contribution is 1.08. The van der Waals surface area contributed by atoms with Crippen LogP contribution in [0.3, 0.4) is 0 Å². The molecule has 0 unspecified atom stereocenters. The molecule has 0 radical (unpaired) electrons. The van der Waals surface area contributed by atoms with Gasteiger partial charge in [0.2, 0.25) is 0 Å². The zero-order chi connectivity index (χ0) is 93.3. The molecule has 660 valence electrons. The number of aryl methyl sites for hydroxylation is 12. The third-order valence-electron chi connectivity index (χ3n) is 16.3. The number of pyridine rings is 11. The van der Waals surface area contributed by atoms with E-state index in [-0.39, 0.29) is 0 Å². The van der Waals surface area contributed by atoms with Gasteiger partial charge in [-0.1, -0.05) is 190 Å². The van der Waals surface area contributed by atoms with Crippen molar-refractivity contribution in [3.63, 3.8) is 0 Å². The summed E-state index contributed by atoms with van der Waals surface area (Å²) in [7, 11) is 12.3. The van der Waals surface area contributed by atoms with E-state index in [9.17, 15) is 0 Å². The highest BCUT2D eigenvalue weighted by Gasteiger charge is 2.15. The Kier molecular flexibility index (Phi) is 76.0. The third-order valence-corrected chi connectivity index (χ3v) is 16.3. The Morgan fingerprint density at radius 1 is 0.158 bits per heavy atom. The molecule has 11 aromatic heterocycles. The summed E-state index contributed by atoms with van der Waals surface area (Å²) >= 11 is 0. The van der Waals surface area contributed by atoms with E-state index >= 15 is 0 Å². The van der Waals surface area contributed by atoms with Gasteiger partial charge in [-0.05, 0) is 225 Å². The molecule has 12 rings (SSSR count). The zero-order valence-electron chi connectivity index (χ0n) is 83.0. The van der Waals surface area contributed by atoms with Crippen LogP contribution in [0.5, 0.6) is 0 Å². The molecule has 0 aliphatic rings. The van der Waals surface area contributed by atoms with Gasteiger partial charge in [0.1, 0.15) is 5.82 Å². The highest BCUT2D eigenvalue weighted by atomic mass is 15.2. The van der Waals surface area contributed by atoms with Crippen LogP contribution < -0.4 is 29.4 Å². The highest BCUT2D eigenvalue weighted by molar-refractivity contribution is 5.71. The number of benzene rings is 1. The molecule has 17 nitrogen and oxygen atoms in total. The topological polar surface area (TPSA) is 161 Å². The van der Waals surface area contributed by atoms with Gasteiger partial charge in [0, 0.05) is 152 Å². The molecule has 0 spiro atoms. The lowest BCUT2D eigenvalue weighted by Gasteiger charge is -2.22. The second-order valence-electron chi connectivity index (χ2n) is 23.1. The largest absolute Gasteiger partial charge is 0.343 e. The van der Waals surface area contributed by atoms with Gasteiger partial charge in [-0.2, -0.15) is 0 Å². The van der Waals surface area contributed by atoms with Gasteiger partial charge in [0.15, 0.2) is 0 Å². The monoisotopic (exact) mass is 1640 g/mol. The number of nitrogens with zero attached hydrogens (tertiary/aromatic N) is 17. The second-order valence-corrected chi connectivity index (χ2v) is 23.1. The van der Waals surface area contributed by atoms with Crippen LogP contribution in [-0.4, -0.2) is 97.1 Å². The molecule has 0 N–H and O–H groups in total. The van der Waals surface area contributed by atoms with Crippen LogP contribution in [0.15, 0.2) is 227 Å². The Hall–Kier alpha value is -11.3. The number of rotatable bonds is 12. The van der Waals surface area contributed by atoms with Crippen LogP contribution in [-0.2, 0) is 0 Å². The standard InChI is InChI=1S/C14H16N2.5C13H15N3.12C2H6/c1-11-7-4-5-8-13(11)16(3)14-9-6-10-15-12(14)2;1-10-4-6-15-9-13(10)16(3)12-5-7-14-8-11(12)2;1-10-12(6-4-8-14-10)16(3)13-7-5-9-15-11(13)2;1-10-9-14-8-6-12(10)16(3)13-5-4-7-15-11(13)2;1-10-6-8-14-9-13(10)16(3)12-5-4-7-15-11(12)2;1-10-5-4-7-15-13(10)16(3)12-6-8-14-9-11(12)2;12*1-2/h4-10H,1-3H3;5*4-9H,1-3H3;12*1-2H3. The van der Waals surface area contributed by atoms with Crippen molar-refractivity contribution in [2.24, 2.45) is 0 Å². The summed E-state index contributed by atoms with van der Waals surface area (Å²) in [6.45, 7) is 72.6. The Bertz CT molecular complexity index is 3420. The fraction of sp³-hybridized carbons (Fsp3) is 0.408. The molecule has 0 bridgehead atoms. The van der Waals surface area contributed by atoms with Crippen LogP contribution in [0.1, 0.15) is 234 Å². The van der Waals surface area contributed by atoms with E-state index in [1.165, 1.54) is 27.9 Å². The van der Waals surface area contributed by atoms with Gasteiger partial charge < -0.3 is 29.4 Å². The van der Waals surface area contributed by atoms with Gasteiger partial charge >= 0.3 is 0 Å². The first-order valence-corrected chi connectivity index (χ1v) is 43.7. The van der Waals surface area contributed by atoms with E-state index in [1.807, 2.05) is 396 Å². The predicted molar refractivity (Wildman–Crippen MR) is 534 cm³/mol. The van der Waals surface area contributed by atoms with Crippen molar-refractivity contribution < 1.29 is 0 Å². The summed E-state index contributed by atoms with van der Waals surface area (Å²) in [5.41, 5.74) is 26.0. The van der Waals surface area contributed by atoms with Crippen molar-refractivity contribution in [2.45, 2.75) is 249 Å². The molecule has 0 atom stereocenters. The van der Waals surface area contributed by atoms with Gasteiger partial charge in [0.05, 0.1) is 80.7 Å². The molecule has 120 heavy (non-hydrogen) atoms. The fourth-order valence-corrected chi connectivity index (χ4v) is 10.8. The maximum absolute atomic E-state index is 4.40. The molecule has 12 aromatic rings. The first-order valence-electron chi connectivity index (χ1n) is 43.7. The quantitative estimate of drug-likeness (QED) is 0.113. The minimum Gasteiger partial charge on any atom is -0.343 e. The summed E-state index contributed by atoms with van der Waals surface area (Å²) in [5.74, 6) is 0.983. The lowest BCUT2D eigenvalue weighted by atomic mass is 10.1. The average molecular weight is 1640 g/mol. The highest BCUT2D eigenvalue weighted by Crippen LogP contribution is 2.33. The molecule has 11 heterocycles. The Morgan fingerprint density at radius 2 is 0.350 bits per heavy atom. The molecule has 1 aromatic carbocycles. The summed E-state index contributed by atoms with van der Waals surface area (Å²) in [5, 5.41) is 0. The van der Waals surface area contributed by atoms with Crippen LogP contribution in [0.2, 0.25) is 0 Å². The smallest absolute Gasteiger partial charge is 0.135 e. The SMILES string of the molecule is CC.CC.CC.CC.CC.CC.CC.CC.CC.CC.CC.CC.Cc1ccccc1N(C)c1cccnc1C.Cc1ccncc1N(C)c1cccnc1C.Cc1cnccc1N(C)c1cccnc1C.Cc1cnccc1N(C)c1cnccc1C.Cc1cnccc1N(C)c1ncccc1C.Cc1ncccc1N(C)c1cccnc1C. The molecular formula is C103H163N17. The number of anilines is 12. The number of para-hydroxylation sites is 1. The van der Waals surface area contributed by atoms with Crippen LogP contribution in [0.4, 0.5) is 68.4 Å². The molecule has 17 heteroatoms. The third kappa shape index (κ3) is 41.9.